The Labute approximate surface area is 141 Å². The molecule has 0 aliphatic rings. The minimum absolute atomic E-state index is 0.169. The van der Waals surface area contributed by atoms with Crippen LogP contribution in [0.4, 0.5) is 0 Å². The van der Waals surface area contributed by atoms with Gasteiger partial charge in [-0.1, -0.05) is 37.6 Å². The van der Waals surface area contributed by atoms with Gasteiger partial charge in [-0.3, -0.25) is 9.78 Å². The Morgan fingerprint density at radius 3 is 2.74 bits per heavy atom. The lowest BCUT2D eigenvalue weighted by Gasteiger charge is -2.15. The number of aromatic nitrogens is 1. The molecule has 2 aromatic rings. The average molecular weight is 333 g/mol. The molecule has 1 aromatic carbocycles. The van der Waals surface area contributed by atoms with Crippen molar-refractivity contribution in [2.24, 2.45) is 5.92 Å². The Kier molecular flexibility index (Phi) is 6.13. The Morgan fingerprint density at radius 1 is 1.30 bits per heavy atom. The quantitative estimate of drug-likeness (QED) is 0.850. The van der Waals surface area contributed by atoms with E-state index in [0.29, 0.717) is 23.6 Å². The molecule has 0 bridgehead atoms. The van der Waals surface area contributed by atoms with Crippen LogP contribution in [0, 0.1) is 5.92 Å². The van der Waals surface area contributed by atoms with E-state index in [-0.39, 0.29) is 11.8 Å². The summed E-state index contributed by atoms with van der Waals surface area (Å²) in [6, 6.07) is 10.9. The fraction of sp³-hybridized carbons (Fsp3) is 0.333. The van der Waals surface area contributed by atoms with Crippen molar-refractivity contribution in [2.75, 3.05) is 6.54 Å². The van der Waals surface area contributed by atoms with E-state index in [4.69, 9.17) is 11.6 Å². The maximum absolute atomic E-state index is 12.3. The number of hydrogen-bond donors (Lipinski definition) is 2. The van der Waals surface area contributed by atoms with Gasteiger partial charge in [0, 0.05) is 18.3 Å². The first-order valence-corrected chi connectivity index (χ1v) is 8.04. The molecular formula is C18H21ClN2O2. The van der Waals surface area contributed by atoms with E-state index in [0.717, 1.165) is 11.3 Å². The van der Waals surface area contributed by atoms with Crippen molar-refractivity contribution in [1.82, 2.24) is 10.3 Å². The highest BCUT2D eigenvalue weighted by Gasteiger charge is 2.14. The lowest BCUT2D eigenvalue weighted by molar-refractivity contribution is 0.0920. The first kappa shape index (κ1) is 17.4. The maximum Gasteiger partial charge on any atom is 0.252 e. The van der Waals surface area contributed by atoms with Crippen molar-refractivity contribution in [3.63, 3.8) is 0 Å². The summed E-state index contributed by atoms with van der Waals surface area (Å²) in [5.41, 5.74) is 2.03. The van der Waals surface area contributed by atoms with Crippen LogP contribution in [0.2, 0.25) is 5.02 Å². The van der Waals surface area contributed by atoms with Crippen LogP contribution >= 0.6 is 11.6 Å². The zero-order valence-corrected chi connectivity index (χ0v) is 14.0. The Hall–Kier alpha value is -1.91. The van der Waals surface area contributed by atoms with Crippen LogP contribution in [0.15, 0.2) is 42.6 Å². The molecule has 23 heavy (non-hydrogen) atoms. The van der Waals surface area contributed by atoms with Crippen LogP contribution in [0.25, 0.3) is 11.3 Å². The Balaban J connectivity index is 2.08. The second kappa shape index (κ2) is 8.09. The summed E-state index contributed by atoms with van der Waals surface area (Å²) in [6.45, 7) is 4.29. The van der Waals surface area contributed by atoms with E-state index < -0.39 is 6.10 Å². The molecule has 5 heteroatoms. The van der Waals surface area contributed by atoms with E-state index >= 15 is 0 Å². The number of pyridine rings is 1. The molecule has 4 nitrogen and oxygen atoms in total. The number of nitrogens with zero attached hydrogens (tertiary/aromatic N) is 1. The van der Waals surface area contributed by atoms with Crippen LogP contribution in [0.1, 0.15) is 30.6 Å². The topological polar surface area (TPSA) is 62.2 Å². The predicted molar refractivity (Wildman–Crippen MR) is 92.5 cm³/mol. The fourth-order valence-electron chi connectivity index (χ4n) is 2.15. The van der Waals surface area contributed by atoms with Crippen LogP contribution in [0.5, 0.6) is 0 Å². The molecule has 0 radical (unpaired) electrons. The predicted octanol–water partition coefficient (Wildman–Crippen LogP) is 3.54. The fourth-order valence-corrected chi connectivity index (χ4v) is 2.36. The number of rotatable bonds is 6. The summed E-state index contributed by atoms with van der Waals surface area (Å²) in [5, 5.41) is 13.0. The van der Waals surface area contributed by atoms with Gasteiger partial charge >= 0.3 is 0 Å². The molecule has 1 aromatic heterocycles. The molecule has 0 spiro atoms. The van der Waals surface area contributed by atoms with E-state index in [9.17, 15) is 9.90 Å². The SMILES string of the molecule is CC(C)C(O)CCNC(=O)c1cc(-c2ccccn2)ccc1Cl. The number of aliphatic hydroxyl groups is 1. The molecule has 2 rings (SSSR count). The molecule has 0 saturated heterocycles. The molecule has 0 aliphatic carbocycles. The third-order valence-corrected chi connectivity index (χ3v) is 4.00. The van der Waals surface area contributed by atoms with Gasteiger partial charge in [0.15, 0.2) is 0 Å². The third kappa shape index (κ3) is 4.78. The van der Waals surface area contributed by atoms with Gasteiger partial charge in [-0.25, -0.2) is 0 Å². The normalized spacial score (nSPS) is 12.2. The van der Waals surface area contributed by atoms with E-state index in [1.165, 1.54) is 0 Å². The maximum atomic E-state index is 12.3. The zero-order valence-electron chi connectivity index (χ0n) is 13.3. The third-order valence-electron chi connectivity index (χ3n) is 3.67. The van der Waals surface area contributed by atoms with Gasteiger partial charge in [0.05, 0.1) is 22.4 Å². The molecule has 0 fully saturated rings. The number of carbonyl (C=O) groups is 1. The smallest absolute Gasteiger partial charge is 0.252 e. The van der Waals surface area contributed by atoms with E-state index in [1.807, 2.05) is 38.1 Å². The highest BCUT2D eigenvalue weighted by molar-refractivity contribution is 6.34. The lowest BCUT2D eigenvalue weighted by atomic mass is 10.0. The molecule has 2 N–H and O–H groups in total. The summed E-state index contributed by atoms with van der Waals surface area (Å²) in [4.78, 5) is 16.6. The number of amides is 1. The summed E-state index contributed by atoms with van der Waals surface area (Å²) in [6.07, 6.45) is 1.79. The summed E-state index contributed by atoms with van der Waals surface area (Å²) in [5.74, 6) is -0.0771. The number of halogens is 1. The molecular weight excluding hydrogens is 312 g/mol. The largest absolute Gasteiger partial charge is 0.393 e. The van der Waals surface area contributed by atoms with Gasteiger partial charge in [-0.05, 0) is 36.6 Å². The molecule has 1 heterocycles. The summed E-state index contributed by atoms with van der Waals surface area (Å²) in [7, 11) is 0. The number of hydrogen-bond acceptors (Lipinski definition) is 3. The van der Waals surface area contributed by atoms with Gasteiger partial charge in [0.1, 0.15) is 0 Å². The van der Waals surface area contributed by atoms with E-state index in [1.54, 1.807) is 18.3 Å². The van der Waals surface area contributed by atoms with Crippen LogP contribution in [0.3, 0.4) is 0 Å². The zero-order chi connectivity index (χ0) is 16.8. The van der Waals surface area contributed by atoms with Crippen molar-refractivity contribution in [3.8, 4) is 11.3 Å². The first-order valence-electron chi connectivity index (χ1n) is 7.66. The highest BCUT2D eigenvalue weighted by atomic mass is 35.5. The van der Waals surface area contributed by atoms with Gasteiger partial charge in [0.2, 0.25) is 0 Å². The molecule has 1 unspecified atom stereocenters. The van der Waals surface area contributed by atoms with Crippen molar-refractivity contribution >= 4 is 17.5 Å². The second-order valence-corrected chi connectivity index (χ2v) is 6.17. The molecule has 1 amide bonds. The summed E-state index contributed by atoms with van der Waals surface area (Å²) < 4.78 is 0. The van der Waals surface area contributed by atoms with Gasteiger partial charge < -0.3 is 10.4 Å². The number of carbonyl (C=O) groups excluding carboxylic acids is 1. The highest BCUT2D eigenvalue weighted by Crippen LogP contribution is 2.23. The van der Waals surface area contributed by atoms with Crippen LogP contribution < -0.4 is 5.32 Å². The molecule has 122 valence electrons. The number of nitrogens with one attached hydrogen (secondary N) is 1. The number of benzene rings is 1. The minimum atomic E-state index is -0.425. The van der Waals surface area contributed by atoms with Crippen LogP contribution in [-0.4, -0.2) is 28.6 Å². The van der Waals surface area contributed by atoms with Gasteiger partial charge in [-0.2, -0.15) is 0 Å². The molecule has 0 aliphatic heterocycles. The minimum Gasteiger partial charge on any atom is -0.393 e. The van der Waals surface area contributed by atoms with E-state index in [2.05, 4.69) is 10.3 Å². The molecule has 1 atom stereocenters. The number of aliphatic hydroxyl groups excluding tert-OH is 1. The Bertz CT molecular complexity index is 659. The summed E-state index contributed by atoms with van der Waals surface area (Å²) >= 11 is 6.14. The second-order valence-electron chi connectivity index (χ2n) is 5.77. The monoisotopic (exact) mass is 332 g/mol. The van der Waals surface area contributed by atoms with Crippen molar-refractivity contribution in [1.29, 1.82) is 0 Å². The van der Waals surface area contributed by atoms with Crippen molar-refractivity contribution in [3.05, 3.63) is 53.2 Å². The molecule has 0 saturated carbocycles. The Morgan fingerprint density at radius 2 is 2.09 bits per heavy atom. The van der Waals surface area contributed by atoms with Gasteiger partial charge in [-0.15, -0.1) is 0 Å². The standard InChI is InChI=1S/C18H21ClN2O2/c1-12(2)17(22)8-10-21-18(23)14-11-13(6-7-15(14)19)16-5-3-4-9-20-16/h3-7,9,11-12,17,22H,8,10H2,1-2H3,(H,21,23). The van der Waals surface area contributed by atoms with Crippen LogP contribution in [-0.2, 0) is 0 Å². The average Bonchev–Trinajstić information content (AvgIpc) is 2.55. The van der Waals surface area contributed by atoms with Crippen molar-refractivity contribution in [2.45, 2.75) is 26.4 Å². The van der Waals surface area contributed by atoms with Crippen molar-refractivity contribution < 1.29 is 9.90 Å². The lowest BCUT2D eigenvalue weighted by Crippen LogP contribution is -2.28. The van der Waals surface area contributed by atoms with Gasteiger partial charge in [0.25, 0.3) is 5.91 Å². The first-order chi connectivity index (χ1) is 11.0.